The minimum Gasteiger partial charge on any atom is -0.477 e. The van der Waals surface area contributed by atoms with Crippen LogP contribution in [0.15, 0.2) is 36.0 Å². The molecule has 0 amide bonds. The molecule has 2 heterocycles. The summed E-state index contributed by atoms with van der Waals surface area (Å²) in [5.74, 6) is -2.96. The van der Waals surface area contributed by atoms with E-state index in [0.29, 0.717) is 22.6 Å². The molecule has 0 aliphatic carbocycles. The average Bonchev–Trinajstić information content (AvgIpc) is 3.17. The Hall–Kier alpha value is -2.54. The van der Waals surface area contributed by atoms with Gasteiger partial charge in [0.05, 0.1) is 0 Å². The first kappa shape index (κ1) is 16.3. The van der Waals surface area contributed by atoms with Crippen molar-refractivity contribution in [1.82, 2.24) is 9.55 Å². The van der Waals surface area contributed by atoms with Gasteiger partial charge < -0.3 is 9.67 Å². The first-order chi connectivity index (χ1) is 11.5. The zero-order valence-corrected chi connectivity index (χ0v) is 13.6. The van der Waals surface area contributed by atoms with Crippen molar-refractivity contribution < 1.29 is 18.7 Å². The normalized spacial score (nSPS) is 11.0. The molecule has 0 aliphatic heterocycles. The Morgan fingerprint density at radius 3 is 2.71 bits per heavy atom. The minimum absolute atomic E-state index is 0.103. The van der Waals surface area contributed by atoms with E-state index in [2.05, 4.69) is 4.98 Å². The summed E-state index contributed by atoms with van der Waals surface area (Å²) in [7, 11) is 0. The van der Waals surface area contributed by atoms with Crippen LogP contribution in [-0.4, -0.2) is 20.6 Å². The first-order valence-corrected chi connectivity index (χ1v) is 8.18. The van der Waals surface area contributed by atoms with Crippen LogP contribution < -0.4 is 0 Å². The lowest BCUT2D eigenvalue weighted by atomic mass is 10.1. The van der Waals surface area contributed by atoms with Crippen molar-refractivity contribution in [2.75, 3.05) is 0 Å². The van der Waals surface area contributed by atoms with Gasteiger partial charge in [-0.05, 0) is 29.7 Å². The summed E-state index contributed by atoms with van der Waals surface area (Å²) in [5, 5.41) is 12.1. The highest BCUT2D eigenvalue weighted by atomic mass is 32.1. The number of aromatic carboxylic acids is 1. The summed E-state index contributed by atoms with van der Waals surface area (Å²) in [4.78, 5) is 16.0. The van der Waals surface area contributed by atoms with Crippen molar-refractivity contribution in [2.45, 2.75) is 19.9 Å². The maximum Gasteiger partial charge on any atom is 0.353 e. The molecule has 124 valence electrons. The smallest absolute Gasteiger partial charge is 0.353 e. The quantitative estimate of drug-likeness (QED) is 0.752. The monoisotopic (exact) mass is 348 g/mol. The van der Waals surface area contributed by atoms with Gasteiger partial charge in [0.15, 0.2) is 11.6 Å². The highest BCUT2D eigenvalue weighted by molar-refractivity contribution is 7.13. The summed E-state index contributed by atoms with van der Waals surface area (Å²) >= 11 is 1.36. The van der Waals surface area contributed by atoms with Gasteiger partial charge in [-0.3, -0.25) is 0 Å². The van der Waals surface area contributed by atoms with Gasteiger partial charge in [-0.2, -0.15) is 0 Å². The molecular weight excluding hydrogens is 334 g/mol. The SMILES string of the molecule is CCc1cn(Cc2ccc(F)c(F)c2)c(C(=O)O)c1-c1nccs1. The number of carbonyl (C=O) groups is 1. The van der Waals surface area contributed by atoms with Crippen LogP contribution in [0.4, 0.5) is 8.78 Å². The fraction of sp³-hybridized carbons (Fsp3) is 0.176. The van der Waals surface area contributed by atoms with Crippen LogP contribution in [-0.2, 0) is 13.0 Å². The second-order valence-electron chi connectivity index (χ2n) is 5.25. The summed E-state index contributed by atoms with van der Waals surface area (Å²) in [6.45, 7) is 2.07. The first-order valence-electron chi connectivity index (χ1n) is 7.30. The second kappa shape index (κ2) is 6.52. The molecule has 24 heavy (non-hydrogen) atoms. The zero-order chi connectivity index (χ0) is 17.3. The van der Waals surface area contributed by atoms with E-state index in [1.54, 1.807) is 22.3 Å². The van der Waals surface area contributed by atoms with E-state index in [-0.39, 0.29) is 12.2 Å². The highest BCUT2D eigenvalue weighted by Gasteiger charge is 2.23. The molecule has 0 saturated heterocycles. The average molecular weight is 348 g/mol. The largest absolute Gasteiger partial charge is 0.477 e. The zero-order valence-electron chi connectivity index (χ0n) is 12.8. The van der Waals surface area contributed by atoms with Crippen LogP contribution >= 0.6 is 11.3 Å². The molecule has 3 aromatic rings. The molecule has 0 spiro atoms. The molecule has 0 unspecified atom stereocenters. The number of carboxylic acid groups (broad SMARTS) is 1. The van der Waals surface area contributed by atoms with Gasteiger partial charge in [-0.15, -0.1) is 11.3 Å². The van der Waals surface area contributed by atoms with Gasteiger partial charge in [0.2, 0.25) is 0 Å². The lowest BCUT2D eigenvalue weighted by Crippen LogP contribution is -2.10. The summed E-state index contributed by atoms with van der Waals surface area (Å²) in [5.41, 5.74) is 2.03. The molecule has 4 nitrogen and oxygen atoms in total. The third-order valence-electron chi connectivity index (χ3n) is 3.72. The number of hydrogen-bond acceptors (Lipinski definition) is 3. The van der Waals surface area contributed by atoms with Crippen LogP contribution in [0.5, 0.6) is 0 Å². The fourth-order valence-electron chi connectivity index (χ4n) is 2.66. The molecule has 7 heteroatoms. The van der Waals surface area contributed by atoms with Crippen molar-refractivity contribution in [3.8, 4) is 10.6 Å². The van der Waals surface area contributed by atoms with Crippen LogP contribution in [0.2, 0.25) is 0 Å². The minimum atomic E-state index is -1.08. The van der Waals surface area contributed by atoms with E-state index in [0.717, 1.165) is 17.7 Å². The maximum atomic E-state index is 13.4. The van der Waals surface area contributed by atoms with E-state index in [1.807, 2.05) is 6.92 Å². The van der Waals surface area contributed by atoms with Crippen molar-refractivity contribution in [2.24, 2.45) is 0 Å². The second-order valence-corrected chi connectivity index (χ2v) is 6.14. The number of thiazole rings is 1. The van der Waals surface area contributed by atoms with Crippen LogP contribution in [0, 0.1) is 11.6 Å². The summed E-state index contributed by atoms with van der Waals surface area (Å²) in [6, 6.07) is 3.56. The molecule has 1 N–H and O–H groups in total. The molecule has 0 aliphatic rings. The number of nitrogens with zero attached hydrogens (tertiary/aromatic N) is 2. The Bertz CT molecular complexity index is 888. The van der Waals surface area contributed by atoms with Crippen LogP contribution in [0.3, 0.4) is 0 Å². The third-order valence-corrected chi connectivity index (χ3v) is 4.51. The van der Waals surface area contributed by atoms with E-state index >= 15 is 0 Å². The van der Waals surface area contributed by atoms with E-state index in [1.165, 1.54) is 17.4 Å². The number of benzene rings is 1. The Kier molecular flexibility index (Phi) is 4.44. The predicted octanol–water partition coefficient (Wildman–Crippen LogP) is 4.20. The summed E-state index contributed by atoms with van der Waals surface area (Å²) < 4.78 is 28.0. The van der Waals surface area contributed by atoms with Crippen LogP contribution in [0.25, 0.3) is 10.6 Å². The van der Waals surface area contributed by atoms with Crippen molar-refractivity contribution in [1.29, 1.82) is 0 Å². The van der Waals surface area contributed by atoms with E-state index < -0.39 is 17.6 Å². The van der Waals surface area contributed by atoms with Gasteiger partial charge in [-0.25, -0.2) is 18.6 Å². The molecule has 0 saturated carbocycles. The predicted molar refractivity (Wildman–Crippen MR) is 87.3 cm³/mol. The molecule has 0 atom stereocenters. The highest BCUT2D eigenvalue weighted by Crippen LogP contribution is 2.32. The van der Waals surface area contributed by atoms with E-state index in [4.69, 9.17) is 0 Å². The number of aryl methyl sites for hydroxylation is 1. The van der Waals surface area contributed by atoms with Gasteiger partial charge >= 0.3 is 5.97 Å². The molecular formula is C17H14F2N2O2S. The number of rotatable bonds is 5. The summed E-state index contributed by atoms with van der Waals surface area (Å²) in [6.07, 6.45) is 4.00. The molecule has 0 fully saturated rings. The molecule has 1 aromatic carbocycles. The van der Waals surface area contributed by atoms with Crippen LogP contribution in [0.1, 0.15) is 28.5 Å². The fourth-order valence-corrected chi connectivity index (χ4v) is 3.37. The number of aromatic nitrogens is 2. The third kappa shape index (κ3) is 2.94. The van der Waals surface area contributed by atoms with Crippen molar-refractivity contribution >= 4 is 17.3 Å². The molecule has 2 aromatic heterocycles. The Morgan fingerprint density at radius 1 is 1.33 bits per heavy atom. The number of halogens is 2. The number of carboxylic acids is 1. The van der Waals surface area contributed by atoms with Gasteiger partial charge in [0.1, 0.15) is 10.7 Å². The maximum absolute atomic E-state index is 13.4. The lowest BCUT2D eigenvalue weighted by Gasteiger charge is -2.08. The topological polar surface area (TPSA) is 55.1 Å². The lowest BCUT2D eigenvalue weighted by molar-refractivity contribution is 0.0686. The van der Waals surface area contributed by atoms with Crippen molar-refractivity contribution in [3.63, 3.8) is 0 Å². The Balaban J connectivity index is 2.10. The van der Waals surface area contributed by atoms with E-state index in [9.17, 15) is 18.7 Å². The van der Waals surface area contributed by atoms with Gasteiger partial charge in [0, 0.05) is 29.9 Å². The molecule has 0 bridgehead atoms. The van der Waals surface area contributed by atoms with Crippen molar-refractivity contribution in [3.05, 3.63) is 64.4 Å². The molecule has 0 radical (unpaired) electrons. The van der Waals surface area contributed by atoms with Gasteiger partial charge in [-0.1, -0.05) is 13.0 Å². The standard InChI is InChI=1S/C17H14F2N2O2S/c1-2-11-9-21(8-10-3-4-12(18)13(19)7-10)15(17(22)23)14(11)16-20-5-6-24-16/h3-7,9H,2,8H2,1H3,(H,22,23). The van der Waals surface area contributed by atoms with Gasteiger partial charge in [0.25, 0.3) is 0 Å². The Morgan fingerprint density at radius 2 is 2.12 bits per heavy atom. The molecule has 3 rings (SSSR count). The Labute approximate surface area is 141 Å². The number of hydrogen-bond donors (Lipinski definition) is 1.